The molecule has 3 aliphatic rings. The number of thiazole rings is 1. The van der Waals surface area contributed by atoms with Crippen LogP contribution in [0.4, 0.5) is 5.69 Å². The van der Waals surface area contributed by atoms with Crippen LogP contribution in [0.5, 0.6) is 0 Å². The monoisotopic (exact) mass is 414 g/mol. The van der Waals surface area contributed by atoms with Crippen molar-refractivity contribution in [2.75, 3.05) is 11.9 Å². The third-order valence-corrected chi connectivity index (χ3v) is 7.69. The number of anilines is 1. The molecule has 154 valence electrons. The van der Waals surface area contributed by atoms with Gasteiger partial charge >= 0.3 is 5.97 Å². The van der Waals surface area contributed by atoms with Crippen LogP contribution in [-0.2, 0) is 17.6 Å². The van der Waals surface area contributed by atoms with Crippen LogP contribution in [-0.4, -0.2) is 39.9 Å². The first-order valence-corrected chi connectivity index (χ1v) is 11.3. The van der Waals surface area contributed by atoms with Gasteiger partial charge in [0.15, 0.2) is 5.69 Å². The Kier molecular flexibility index (Phi) is 5.05. The molecule has 2 heterocycles. The standard InChI is InChI=1S/C22H26N2O4S/c25-18-9-20-15(6-7-19(28-20)21-24-17(11-29-21)22(26)27)16(18)10-23-14-5-4-12-2-1-3-13(12)8-14/h4-5,8,11,15-16,18-20,23,25H,1-3,6-7,9-10H2,(H,26,27)/t15-,16-,18-,19-,20+/m1/s1. The molecular weight excluding hydrogens is 388 g/mol. The molecule has 2 fully saturated rings. The maximum absolute atomic E-state index is 11.1. The van der Waals surface area contributed by atoms with Gasteiger partial charge < -0.3 is 20.3 Å². The molecule has 1 saturated carbocycles. The summed E-state index contributed by atoms with van der Waals surface area (Å²) in [4.78, 5) is 15.3. The number of aliphatic hydroxyl groups is 1. The molecule has 6 nitrogen and oxygen atoms in total. The number of hydrogen-bond donors (Lipinski definition) is 3. The number of nitrogens with one attached hydrogen (secondary N) is 1. The Labute approximate surface area is 173 Å². The Morgan fingerprint density at radius 1 is 1.28 bits per heavy atom. The quantitative estimate of drug-likeness (QED) is 0.692. The van der Waals surface area contributed by atoms with Crippen molar-refractivity contribution in [1.82, 2.24) is 4.98 Å². The van der Waals surface area contributed by atoms with E-state index in [0.29, 0.717) is 12.3 Å². The molecule has 0 unspecified atom stereocenters. The highest BCUT2D eigenvalue weighted by molar-refractivity contribution is 7.09. The van der Waals surface area contributed by atoms with E-state index in [9.17, 15) is 9.90 Å². The van der Waals surface area contributed by atoms with E-state index in [1.807, 2.05) is 0 Å². The zero-order valence-corrected chi connectivity index (χ0v) is 17.0. The lowest BCUT2D eigenvalue weighted by molar-refractivity contribution is -0.0783. The predicted molar refractivity (Wildman–Crippen MR) is 110 cm³/mol. The number of carboxylic acids is 1. The van der Waals surface area contributed by atoms with E-state index in [0.717, 1.165) is 36.5 Å². The fourth-order valence-electron chi connectivity index (χ4n) is 5.25. The van der Waals surface area contributed by atoms with E-state index in [1.54, 1.807) is 5.38 Å². The summed E-state index contributed by atoms with van der Waals surface area (Å²) in [6, 6.07) is 6.64. The smallest absolute Gasteiger partial charge is 0.355 e. The topological polar surface area (TPSA) is 91.7 Å². The Hall–Kier alpha value is -1.96. The van der Waals surface area contributed by atoms with Crippen LogP contribution in [0, 0.1) is 11.8 Å². The number of hydrogen-bond acceptors (Lipinski definition) is 6. The number of rotatable bonds is 5. The van der Waals surface area contributed by atoms with E-state index in [-0.39, 0.29) is 29.9 Å². The molecule has 7 heteroatoms. The van der Waals surface area contributed by atoms with Crippen molar-refractivity contribution in [3.8, 4) is 0 Å². The second-order valence-electron chi connectivity index (χ2n) is 8.47. The third kappa shape index (κ3) is 3.67. The summed E-state index contributed by atoms with van der Waals surface area (Å²) in [7, 11) is 0. The van der Waals surface area contributed by atoms with Gasteiger partial charge in [-0.15, -0.1) is 11.3 Å². The molecule has 0 radical (unpaired) electrons. The van der Waals surface area contributed by atoms with Crippen molar-refractivity contribution in [3.05, 3.63) is 45.4 Å². The predicted octanol–water partition coefficient (Wildman–Crippen LogP) is 3.66. The van der Waals surface area contributed by atoms with E-state index >= 15 is 0 Å². The number of aliphatic hydroxyl groups excluding tert-OH is 1. The first kappa shape index (κ1) is 19.0. The van der Waals surface area contributed by atoms with Gasteiger partial charge in [0.25, 0.3) is 0 Å². The van der Waals surface area contributed by atoms with Gasteiger partial charge in [0, 0.05) is 30.0 Å². The molecule has 3 N–H and O–H groups in total. The number of ether oxygens (including phenoxy) is 1. The Morgan fingerprint density at radius 2 is 2.14 bits per heavy atom. The van der Waals surface area contributed by atoms with Crippen LogP contribution in [0.2, 0.25) is 0 Å². The summed E-state index contributed by atoms with van der Waals surface area (Å²) in [5.41, 5.74) is 4.14. The Morgan fingerprint density at radius 3 is 2.97 bits per heavy atom. The summed E-state index contributed by atoms with van der Waals surface area (Å²) < 4.78 is 6.27. The molecule has 0 bridgehead atoms. The van der Waals surface area contributed by atoms with Crippen LogP contribution < -0.4 is 5.32 Å². The SMILES string of the molecule is O=C(O)c1csc([C@H]2CC[C@@H]3[C@@H](CNc4ccc5c(c4)CCC5)[C@H](O)C[C@@H]3O2)n1. The minimum absolute atomic E-state index is 0.00717. The van der Waals surface area contributed by atoms with Crippen molar-refractivity contribution >= 4 is 23.0 Å². The lowest BCUT2D eigenvalue weighted by atomic mass is 9.86. The lowest BCUT2D eigenvalue weighted by Gasteiger charge is -2.34. The van der Waals surface area contributed by atoms with Crippen molar-refractivity contribution in [1.29, 1.82) is 0 Å². The van der Waals surface area contributed by atoms with Gasteiger partial charge in [-0.2, -0.15) is 0 Å². The summed E-state index contributed by atoms with van der Waals surface area (Å²) in [5.74, 6) is -0.516. The van der Waals surface area contributed by atoms with Crippen LogP contribution >= 0.6 is 11.3 Å². The number of aromatic nitrogens is 1. The van der Waals surface area contributed by atoms with Gasteiger partial charge in [-0.05, 0) is 61.3 Å². The van der Waals surface area contributed by atoms with Crippen molar-refractivity contribution in [2.45, 2.75) is 56.8 Å². The zero-order chi connectivity index (χ0) is 20.0. The fraction of sp³-hybridized carbons (Fsp3) is 0.545. The second-order valence-corrected chi connectivity index (χ2v) is 9.36. The zero-order valence-electron chi connectivity index (χ0n) is 16.2. The van der Waals surface area contributed by atoms with Gasteiger partial charge in [-0.3, -0.25) is 0 Å². The second kappa shape index (κ2) is 7.70. The number of carboxylic acid groups (broad SMARTS) is 1. The Bertz CT molecular complexity index is 914. The summed E-state index contributed by atoms with van der Waals surface area (Å²) >= 11 is 1.35. The van der Waals surface area contributed by atoms with E-state index in [2.05, 4.69) is 28.5 Å². The van der Waals surface area contributed by atoms with Gasteiger partial charge in [0.05, 0.1) is 12.2 Å². The summed E-state index contributed by atoms with van der Waals surface area (Å²) in [5, 5.41) is 25.6. The normalized spacial score (nSPS) is 30.7. The molecule has 1 aromatic heterocycles. The van der Waals surface area contributed by atoms with Crippen LogP contribution in [0.15, 0.2) is 23.6 Å². The van der Waals surface area contributed by atoms with Crippen molar-refractivity contribution in [3.63, 3.8) is 0 Å². The highest BCUT2D eigenvalue weighted by Gasteiger charge is 2.46. The largest absolute Gasteiger partial charge is 0.476 e. The number of carbonyl (C=O) groups is 1. The number of aromatic carboxylic acids is 1. The number of aryl methyl sites for hydroxylation is 2. The minimum Gasteiger partial charge on any atom is -0.476 e. The molecule has 1 aliphatic heterocycles. The fourth-order valence-corrected chi connectivity index (χ4v) is 6.11. The van der Waals surface area contributed by atoms with E-state index in [4.69, 9.17) is 9.84 Å². The van der Waals surface area contributed by atoms with Crippen LogP contribution in [0.1, 0.15) is 58.4 Å². The lowest BCUT2D eigenvalue weighted by Crippen LogP contribution is -2.33. The maximum atomic E-state index is 11.1. The van der Waals surface area contributed by atoms with Crippen LogP contribution in [0.3, 0.4) is 0 Å². The number of fused-ring (bicyclic) bond motifs is 2. The average Bonchev–Trinajstić information content (AvgIpc) is 3.43. The molecule has 5 rings (SSSR count). The maximum Gasteiger partial charge on any atom is 0.355 e. The highest BCUT2D eigenvalue weighted by atomic mass is 32.1. The van der Waals surface area contributed by atoms with Crippen molar-refractivity contribution in [2.24, 2.45) is 11.8 Å². The minimum atomic E-state index is -1.00. The van der Waals surface area contributed by atoms with Crippen LogP contribution in [0.25, 0.3) is 0 Å². The first-order chi connectivity index (χ1) is 14.1. The molecular formula is C22H26N2O4S. The van der Waals surface area contributed by atoms with Crippen molar-refractivity contribution < 1.29 is 19.7 Å². The number of benzene rings is 1. The van der Waals surface area contributed by atoms with E-state index in [1.165, 1.54) is 35.3 Å². The highest BCUT2D eigenvalue weighted by Crippen LogP contribution is 2.46. The van der Waals surface area contributed by atoms with Gasteiger partial charge in [-0.1, -0.05) is 6.07 Å². The molecule has 1 aromatic carbocycles. The summed E-state index contributed by atoms with van der Waals surface area (Å²) in [6.45, 7) is 0.746. The van der Waals surface area contributed by atoms with Gasteiger partial charge in [-0.25, -0.2) is 9.78 Å². The Balaban J connectivity index is 1.22. The molecule has 2 aliphatic carbocycles. The third-order valence-electron chi connectivity index (χ3n) is 6.75. The van der Waals surface area contributed by atoms with Gasteiger partial charge in [0.2, 0.25) is 0 Å². The molecule has 0 amide bonds. The molecule has 5 atom stereocenters. The number of nitrogens with zero attached hydrogens (tertiary/aromatic N) is 1. The molecule has 29 heavy (non-hydrogen) atoms. The van der Waals surface area contributed by atoms with Gasteiger partial charge in [0.1, 0.15) is 11.1 Å². The average molecular weight is 415 g/mol. The molecule has 1 saturated heterocycles. The molecule has 0 spiro atoms. The summed E-state index contributed by atoms with van der Waals surface area (Å²) in [6.07, 6.45) is 5.48. The first-order valence-electron chi connectivity index (χ1n) is 10.5. The molecule has 2 aromatic rings. The van der Waals surface area contributed by atoms with E-state index < -0.39 is 5.97 Å².